The Labute approximate surface area is 115 Å². The highest BCUT2D eigenvalue weighted by atomic mass is 16.5. The summed E-state index contributed by atoms with van der Waals surface area (Å²) in [6.45, 7) is 2.89. The van der Waals surface area contributed by atoms with Crippen LogP contribution in [0.25, 0.3) is 0 Å². The number of methoxy groups -OCH3 is 1. The van der Waals surface area contributed by atoms with E-state index in [9.17, 15) is 9.59 Å². The van der Waals surface area contributed by atoms with Gasteiger partial charge in [-0.2, -0.15) is 0 Å². The average Bonchev–Trinajstić information content (AvgIpc) is 2.86. The first-order chi connectivity index (χ1) is 9.07. The van der Waals surface area contributed by atoms with Gasteiger partial charge >= 0.3 is 5.97 Å². The van der Waals surface area contributed by atoms with E-state index in [1.54, 1.807) is 0 Å². The van der Waals surface area contributed by atoms with Gasteiger partial charge in [-0.25, -0.2) is 0 Å². The SMILES string of the molecule is COC(=O)CC1CCCCN1C(=O)C1(C)CCCC1. The number of likely N-dealkylation sites (tertiary alicyclic amines) is 1. The van der Waals surface area contributed by atoms with Crippen LogP contribution in [0.2, 0.25) is 0 Å². The molecule has 0 spiro atoms. The molecule has 2 rings (SSSR count). The zero-order chi connectivity index (χ0) is 13.9. The summed E-state index contributed by atoms with van der Waals surface area (Å²) in [7, 11) is 1.41. The summed E-state index contributed by atoms with van der Waals surface area (Å²) in [6, 6.07) is 0.0473. The maximum Gasteiger partial charge on any atom is 0.307 e. The molecule has 2 aliphatic rings. The van der Waals surface area contributed by atoms with E-state index in [0.717, 1.165) is 51.5 Å². The molecule has 4 heteroatoms. The number of hydrogen-bond acceptors (Lipinski definition) is 3. The van der Waals surface area contributed by atoms with Crippen molar-refractivity contribution in [2.24, 2.45) is 5.41 Å². The fourth-order valence-corrected chi connectivity index (χ4v) is 3.47. The lowest BCUT2D eigenvalue weighted by Gasteiger charge is -2.40. The van der Waals surface area contributed by atoms with Gasteiger partial charge in [0.25, 0.3) is 0 Å². The standard InChI is InChI=1S/C15H25NO3/c1-15(8-4-5-9-15)14(18)16-10-6-3-7-12(16)11-13(17)19-2/h12H,3-11H2,1-2H3. The van der Waals surface area contributed by atoms with Gasteiger partial charge in [0.2, 0.25) is 5.91 Å². The molecule has 4 nitrogen and oxygen atoms in total. The van der Waals surface area contributed by atoms with Crippen LogP contribution in [0.1, 0.15) is 58.3 Å². The normalized spacial score (nSPS) is 26.2. The molecule has 1 saturated heterocycles. The molecule has 0 aromatic heterocycles. The quantitative estimate of drug-likeness (QED) is 0.738. The van der Waals surface area contributed by atoms with Crippen molar-refractivity contribution < 1.29 is 14.3 Å². The molecule has 0 radical (unpaired) electrons. The first-order valence-electron chi connectivity index (χ1n) is 7.45. The van der Waals surface area contributed by atoms with Crippen LogP contribution in [0.15, 0.2) is 0 Å². The monoisotopic (exact) mass is 267 g/mol. The number of esters is 1. The van der Waals surface area contributed by atoms with Crippen LogP contribution in [0.4, 0.5) is 0 Å². The zero-order valence-corrected chi connectivity index (χ0v) is 12.1. The first kappa shape index (κ1) is 14.4. The minimum atomic E-state index is -0.207. The Bertz CT molecular complexity index is 347. The third kappa shape index (κ3) is 3.10. The molecule has 0 aromatic rings. The van der Waals surface area contributed by atoms with Gasteiger partial charge in [-0.3, -0.25) is 9.59 Å². The van der Waals surface area contributed by atoms with Crippen LogP contribution in [0, 0.1) is 5.41 Å². The number of carbonyl (C=O) groups excluding carboxylic acids is 2. The lowest BCUT2D eigenvalue weighted by molar-refractivity contribution is -0.149. The molecule has 0 aromatic carbocycles. The van der Waals surface area contributed by atoms with Gasteiger partial charge in [-0.1, -0.05) is 19.8 Å². The van der Waals surface area contributed by atoms with Gasteiger partial charge in [0.1, 0.15) is 0 Å². The van der Waals surface area contributed by atoms with Gasteiger partial charge in [-0.05, 0) is 32.1 Å². The van der Waals surface area contributed by atoms with Crippen LogP contribution in [-0.2, 0) is 14.3 Å². The van der Waals surface area contributed by atoms with Crippen molar-refractivity contribution in [3.63, 3.8) is 0 Å². The Hall–Kier alpha value is -1.06. The topological polar surface area (TPSA) is 46.6 Å². The second-order valence-electron chi connectivity index (χ2n) is 6.20. The lowest BCUT2D eigenvalue weighted by Crippen LogP contribution is -2.50. The number of amides is 1. The molecule has 108 valence electrons. The van der Waals surface area contributed by atoms with Crippen molar-refractivity contribution in [2.75, 3.05) is 13.7 Å². The van der Waals surface area contributed by atoms with E-state index < -0.39 is 0 Å². The molecule has 1 aliphatic carbocycles. The van der Waals surface area contributed by atoms with E-state index in [1.165, 1.54) is 7.11 Å². The number of rotatable bonds is 3. The third-order valence-corrected chi connectivity index (χ3v) is 4.74. The minimum Gasteiger partial charge on any atom is -0.469 e. The highest BCUT2D eigenvalue weighted by Gasteiger charge is 2.42. The molecule has 19 heavy (non-hydrogen) atoms. The van der Waals surface area contributed by atoms with Gasteiger partial charge in [0, 0.05) is 18.0 Å². The van der Waals surface area contributed by atoms with E-state index in [-0.39, 0.29) is 23.3 Å². The van der Waals surface area contributed by atoms with Crippen LogP contribution in [0.3, 0.4) is 0 Å². The van der Waals surface area contributed by atoms with Crippen molar-refractivity contribution in [3.05, 3.63) is 0 Å². The average molecular weight is 267 g/mol. The highest BCUT2D eigenvalue weighted by Crippen LogP contribution is 2.40. The smallest absolute Gasteiger partial charge is 0.307 e. The Kier molecular flexibility index (Phi) is 4.48. The Morgan fingerprint density at radius 1 is 1.21 bits per heavy atom. The van der Waals surface area contributed by atoms with Crippen molar-refractivity contribution in [1.29, 1.82) is 0 Å². The first-order valence-corrected chi connectivity index (χ1v) is 7.45. The van der Waals surface area contributed by atoms with E-state index >= 15 is 0 Å². The Morgan fingerprint density at radius 3 is 2.53 bits per heavy atom. The molecular formula is C15H25NO3. The second-order valence-corrected chi connectivity index (χ2v) is 6.20. The number of nitrogens with zero attached hydrogens (tertiary/aromatic N) is 1. The maximum absolute atomic E-state index is 12.8. The molecule has 2 fully saturated rings. The van der Waals surface area contributed by atoms with Crippen molar-refractivity contribution in [2.45, 2.75) is 64.3 Å². The summed E-state index contributed by atoms with van der Waals surface area (Å²) in [4.78, 5) is 26.2. The summed E-state index contributed by atoms with van der Waals surface area (Å²) in [5.74, 6) is 0.0554. The largest absolute Gasteiger partial charge is 0.469 e. The molecular weight excluding hydrogens is 242 g/mol. The second kappa shape index (κ2) is 5.93. The van der Waals surface area contributed by atoms with Crippen LogP contribution >= 0.6 is 0 Å². The fourth-order valence-electron chi connectivity index (χ4n) is 3.47. The summed E-state index contributed by atoms with van der Waals surface area (Å²) < 4.78 is 4.75. The number of carbonyl (C=O) groups is 2. The van der Waals surface area contributed by atoms with E-state index in [4.69, 9.17) is 4.74 Å². The molecule has 0 N–H and O–H groups in total. The summed E-state index contributed by atoms with van der Waals surface area (Å²) >= 11 is 0. The number of hydrogen-bond donors (Lipinski definition) is 0. The lowest BCUT2D eigenvalue weighted by atomic mass is 9.85. The molecule has 0 bridgehead atoms. The predicted octanol–water partition coefficient (Wildman–Crippen LogP) is 2.51. The van der Waals surface area contributed by atoms with Gasteiger partial charge in [0.15, 0.2) is 0 Å². The molecule has 1 amide bonds. The van der Waals surface area contributed by atoms with Gasteiger partial charge in [-0.15, -0.1) is 0 Å². The highest BCUT2D eigenvalue weighted by molar-refractivity contribution is 5.83. The van der Waals surface area contributed by atoms with Crippen LogP contribution < -0.4 is 0 Å². The Morgan fingerprint density at radius 2 is 1.89 bits per heavy atom. The maximum atomic E-state index is 12.8. The van der Waals surface area contributed by atoms with E-state index in [2.05, 4.69) is 6.92 Å². The minimum absolute atomic E-state index is 0.0473. The third-order valence-electron chi connectivity index (χ3n) is 4.74. The van der Waals surface area contributed by atoms with E-state index in [1.807, 2.05) is 4.90 Å². The summed E-state index contributed by atoms with van der Waals surface area (Å²) in [5.41, 5.74) is -0.189. The van der Waals surface area contributed by atoms with Crippen molar-refractivity contribution >= 4 is 11.9 Å². The number of piperidine rings is 1. The zero-order valence-electron chi connectivity index (χ0n) is 12.1. The molecule has 1 unspecified atom stereocenters. The van der Waals surface area contributed by atoms with Crippen molar-refractivity contribution in [1.82, 2.24) is 4.90 Å². The Balaban J connectivity index is 2.06. The molecule has 1 saturated carbocycles. The molecule has 1 heterocycles. The van der Waals surface area contributed by atoms with E-state index in [0.29, 0.717) is 6.42 Å². The van der Waals surface area contributed by atoms with Crippen molar-refractivity contribution in [3.8, 4) is 0 Å². The summed E-state index contributed by atoms with van der Waals surface area (Å²) in [5, 5.41) is 0. The van der Waals surface area contributed by atoms with Gasteiger partial charge < -0.3 is 9.64 Å². The fraction of sp³-hybridized carbons (Fsp3) is 0.867. The number of ether oxygens (including phenoxy) is 1. The molecule has 1 aliphatic heterocycles. The van der Waals surface area contributed by atoms with Gasteiger partial charge in [0.05, 0.1) is 13.5 Å². The summed E-state index contributed by atoms with van der Waals surface area (Å²) in [6.07, 6.45) is 7.72. The van der Waals surface area contributed by atoms with Crippen LogP contribution in [-0.4, -0.2) is 36.5 Å². The predicted molar refractivity (Wildman–Crippen MR) is 72.6 cm³/mol. The van der Waals surface area contributed by atoms with Crippen LogP contribution in [0.5, 0.6) is 0 Å². The molecule has 1 atom stereocenters.